The van der Waals surface area contributed by atoms with Gasteiger partial charge in [0.05, 0.1) is 0 Å². The molecule has 1 aliphatic rings. The van der Waals surface area contributed by atoms with Gasteiger partial charge < -0.3 is 5.32 Å². The molecule has 1 nitrogen and oxygen atoms in total. The normalized spacial score (nSPS) is 19.0. The first-order valence-corrected chi connectivity index (χ1v) is 8.25. The van der Waals surface area contributed by atoms with Gasteiger partial charge in [-0.25, -0.2) is 0 Å². The van der Waals surface area contributed by atoms with E-state index < -0.39 is 0 Å². The Hall–Kier alpha value is 0.01000. The lowest BCUT2D eigenvalue weighted by atomic mass is 10.0. The highest BCUT2D eigenvalue weighted by atomic mass is 79.9. The maximum Gasteiger partial charge on any atom is 0.0318 e. The standard InChI is InChI=1S/C14H20BrNS/c1-3-13(11-5-4-6-12(15)9-11)16-10-14(17-2)7-8-14/h4-6,9,13,16H,3,7-8,10H2,1-2H3. The summed E-state index contributed by atoms with van der Waals surface area (Å²) >= 11 is 5.56. The Morgan fingerprint density at radius 1 is 1.47 bits per heavy atom. The molecule has 1 unspecified atom stereocenters. The number of thioether (sulfide) groups is 1. The van der Waals surface area contributed by atoms with Gasteiger partial charge in [0.1, 0.15) is 0 Å². The van der Waals surface area contributed by atoms with Crippen LogP contribution >= 0.6 is 27.7 Å². The number of benzene rings is 1. The lowest BCUT2D eigenvalue weighted by molar-refractivity contribution is 0.513. The monoisotopic (exact) mass is 313 g/mol. The van der Waals surface area contributed by atoms with E-state index in [0.717, 1.165) is 13.0 Å². The minimum absolute atomic E-state index is 0.483. The summed E-state index contributed by atoms with van der Waals surface area (Å²) < 4.78 is 1.71. The predicted molar refractivity (Wildman–Crippen MR) is 80.7 cm³/mol. The van der Waals surface area contributed by atoms with Crippen molar-refractivity contribution < 1.29 is 0 Å². The first-order chi connectivity index (χ1) is 8.19. The number of nitrogens with one attached hydrogen (secondary N) is 1. The summed E-state index contributed by atoms with van der Waals surface area (Å²) in [5, 5.41) is 3.72. The summed E-state index contributed by atoms with van der Waals surface area (Å²) in [5.74, 6) is 0. The third kappa shape index (κ3) is 3.49. The average Bonchev–Trinajstić information content (AvgIpc) is 3.11. The first kappa shape index (κ1) is 13.4. The van der Waals surface area contributed by atoms with Crippen LogP contribution in [0.5, 0.6) is 0 Å². The van der Waals surface area contributed by atoms with Crippen molar-refractivity contribution in [3.63, 3.8) is 0 Å². The van der Waals surface area contributed by atoms with E-state index in [-0.39, 0.29) is 0 Å². The SMILES string of the molecule is CCC(NCC1(SC)CC1)c1cccc(Br)c1. The molecule has 3 heteroatoms. The number of rotatable bonds is 6. The summed E-state index contributed by atoms with van der Waals surface area (Å²) in [6.07, 6.45) is 6.11. The molecular weight excluding hydrogens is 294 g/mol. The topological polar surface area (TPSA) is 12.0 Å². The first-order valence-electron chi connectivity index (χ1n) is 6.23. The van der Waals surface area contributed by atoms with E-state index in [9.17, 15) is 0 Å². The van der Waals surface area contributed by atoms with Gasteiger partial charge in [0, 0.05) is 21.8 Å². The van der Waals surface area contributed by atoms with Gasteiger partial charge in [0.2, 0.25) is 0 Å². The Morgan fingerprint density at radius 2 is 2.24 bits per heavy atom. The summed E-state index contributed by atoms with van der Waals surface area (Å²) in [7, 11) is 0. The van der Waals surface area contributed by atoms with Gasteiger partial charge in [0.25, 0.3) is 0 Å². The number of hydrogen-bond acceptors (Lipinski definition) is 2. The van der Waals surface area contributed by atoms with E-state index in [1.807, 2.05) is 11.8 Å². The van der Waals surface area contributed by atoms with Gasteiger partial charge in [-0.1, -0.05) is 35.0 Å². The molecule has 1 aliphatic carbocycles. The van der Waals surface area contributed by atoms with Crippen molar-refractivity contribution >= 4 is 27.7 Å². The molecule has 1 N–H and O–H groups in total. The molecule has 2 rings (SSSR count). The van der Waals surface area contributed by atoms with E-state index >= 15 is 0 Å². The van der Waals surface area contributed by atoms with Crippen molar-refractivity contribution in [2.75, 3.05) is 12.8 Å². The van der Waals surface area contributed by atoms with Crippen LogP contribution in [0.4, 0.5) is 0 Å². The van der Waals surface area contributed by atoms with Crippen LogP contribution in [0.15, 0.2) is 28.7 Å². The van der Waals surface area contributed by atoms with Crippen molar-refractivity contribution in [2.24, 2.45) is 0 Å². The molecule has 1 atom stereocenters. The Morgan fingerprint density at radius 3 is 2.76 bits per heavy atom. The highest BCUT2D eigenvalue weighted by molar-refractivity contribution is 9.10. The lowest BCUT2D eigenvalue weighted by Gasteiger charge is -2.21. The Kier molecular flexibility index (Phi) is 4.56. The van der Waals surface area contributed by atoms with Crippen LogP contribution in [-0.2, 0) is 0 Å². The summed E-state index contributed by atoms with van der Waals surface area (Å²) in [5.41, 5.74) is 1.39. The van der Waals surface area contributed by atoms with Crippen molar-refractivity contribution in [1.82, 2.24) is 5.32 Å². The van der Waals surface area contributed by atoms with Gasteiger partial charge in [-0.05, 0) is 43.2 Å². The minimum Gasteiger partial charge on any atom is -0.309 e. The molecule has 0 radical (unpaired) electrons. The second-order valence-electron chi connectivity index (χ2n) is 4.78. The van der Waals surface area contributed by atoms with E-state index in [4.69, 9.17) is 0 Å². The van der Waals surface area contributed by atoms with Crippen molar-refractivity contribution in [2.45, 2.75) is 37.0 Å². The van der Waals surface area contributed by atoms with Crippen LogP contribution in [0, 0.1) is 0 Å². The molecule has 94 valence electrons. The van der Waals surface area contributed by atoms with Crippen LogP contribution in [-0.4, -0.2) is 17.5 Å². The lowest BCUT2D eigenvalue weighted by Crippen LogP contribution is -2.29. The van der Waals surface area contributed by atoms with Gasteiger partial charge >= 0.3 is 0 Å². The largest absolute Gasteiger partial charge is 0.309 e. The fourth-order valence-corrected chi connectivity index (χ4v) is 3.28. The van der Waals surface area contributed by atoms with Gasteiger partial charge in [0.15, 0.2) is 0 Å². The van der Waals surface area contributed by atoms with E-state index in [1.165, 1.54) is 22.9 Å². The van der Waals surface area contributed by atoms with Gasteiger partial charge in [-0.15, -0.1) is 0 Å². The Bertz CT molecular complexity index is 376. The van der Waals surface area contributed by atoms with Gasteiger partial charge in [-0.3, -0.25) is 0 Å². The molecule has 0 amide bonds. The van der Waals surface area contributed by atoms with Crippen LogP contribution in [0.25, 0.3) is 0 Å². The van der Waals surface area contributed by atoms with Crippen molar-refractivity contribution in [3.8, 4) is 0 Å². The number of halogens is 1. The van der Waals surface area contributed by atoms with Crippen LogP contribution < -0.4 is 5.32 Å². The maximum atomic E-state index is 3.72. The second kappa shape index (κ2) is 5.77. The Balaban J connectivity index is 1.97. The number of hydrogen-bond donors (Lipinski definition) is 1. The molecule has 1 aromatic carbocycles. The van der Waals surface area contributed by atoms with E-state index in [0.29, 0.717) is 10.8 Å². The average molecular weight is 314 g/mol. The third-order valence-corrected chi connectivity index (χ3v) is 5.48. The zero-order chi connectivity index (χ0) is 12.3. The molecule has 0 aromatic heterocycles. The molecule has 17 heavy (non-hydrogen) atoms. The molecule has 0 bridgehead atoms. The summed E-state index contributed by atoms with van der Waals surface area (Å²) in [4.78, 5) is 0. The fraction of sp³-hybridized carbons (Fsp3) is 0.571. The molecule has 1 fully saturated rings. The molecule has 0 saturated heterocycles. The second-order valence-corrected chi connectivity index (χ2v) is 6.97. The fourth-order valence-electron chi connectivity index (χ4n) is 2.12. The quantitative estimate of drug-likeness (QED) is 0.836. The third-order valence-electron chi connectivity index (χ3n) is 3.57. The smallest absolute Gasteiger partial charge is 0.0318 e. The zero-order valence-corrected chi connectivity index (χ0v) is 12.9. The summed E-state index contributed by atoms with van der Waals surface area (Å²) in [6.45, 7) is 3.39. The highest BCUT2D eigenvalue weighted by Gasteiger charge is 2.41. The molecular formula is C14H20BrNS. The van der Waals surface area contributed by atoms with Crippen LogP contribution in [0.3, 0.4) is 0 Å². The van der Waals surface area contributed by atoms with Crippen molar-refractivity contribution in [3.05, 3.63) is 34.3 Å². The zero-order valence-electron chi connectivity index (χ0n) is 10.5. The highest BCUT2D eigenvalue weighted by Crippen LogP contribution is 2.46. The van der Waals surface area contributed by atoms with Crippen LogP contribution in [0.2, 0.25) is 0 Å². The molecule has 0 aliphatic heterocycles. The minimum atomic E-state index is 0.483. The summed E-state index contributed by atoms with van der Waals surface area (Å²) in [6, 6.07) is 9.12. The maximum absolute atomic E-state index is 3.72. The van der Waals surface area contributed by atoms with Gasteiger partial charge in [-0.2, -0.15) is 11.8 Å². The van der Waals surface area contributed by atoms with Crippen molar-refractivity contribution in [1.29, 1.82) is 0 Å². The Labute approximate surface area is 117 Å². The molecule has 1 saturated carbocycles. The molecule has 1 aromatic rings. The molecule has 0 spiro atoms. The molecule has 0 heterocycles. The van der Waals surface area contributed by atoms with E-state index in [1.54, 1.807) is 0 Å². The predicted octanol–water partition coefficient (Wildman–Crippen LogP) is 4.39. The van der Waals surface area contributed by atoms with Crippen LogP contribution in [0.1, 0.15) is 37.8 Å². The van der Waals surface area contributed by atoms with E-state index in [2.05, 4.69) is 58.7 Å².